The summed E-state index contributed by atoms with van der Waals surface area (Å²) in [6.45, 7) is 4.25. The van der Waals surface area contributed by atoms with Crippen LogP contribution in [-0.4, -0.2) is 9.97 Å². The molecule has 3 heteroatoms. The average Bonchev–Trinajstić information content (AvgIpc) is 2.37. The molecule has 0 spiro atoms. The molecular formula is C8H13N2S. The minimum absolute atomic E-state index is 0.485. The molecule has 0 aliphatic heterocycles. The highest BCUT2D eigenvalue weighted by atomic mass is 32.2. The summed E-state index contributed by atoms with van der Waals surface area (Å²) in [7, 11) is 0. The maximum atomic E-state index is 4.38. The highest BCUT2D eigenvalue weighted by Crippen LogP contribution is 2.12. The van der Waals surface area contributed by atoms with Gasteiger partial charge in [0, 0.05) is 24.1 Å². The van der Waals surface area contributed by atoms with Gasteiger partial charge in [-0.15, -0.1) is 0 Å². The standard InChI is InChI=1S/C8H13N2S/c1-6(2)8-9-4-7(10-8)5-11-3/h4,6H,3,5H2,1-2H3,(H,9,10). The third-order valence-corrected chi connectivity index (χ3v) is 1.95. The molecule has 61 valence electrons. The van der Waals surface area contributed by atoms with Crippen LogP contribution in [-0.2, 0) is 5.75 Å². The van der Waals surface area contributed by atoms with Gasteiger partial charge in [-0.3, -0.25) is 0 Å². The first-order valence-corrected chi connectivity index (χ1v) is 4.80. The van der Waals surface area contributed by atoms with Crippen LogP contribution in [0.15, 0.2) is 6.20 Å². The van der Waals surface area contributed by atoms with Crippen LogP contribution < -0.4 is 0 Å². The molecule has 0 fully saturated rings. The first kappa shape index (κ1) is 8.65. The van der Waals surface area contributed by atoms with Crippen LogP contribution in [0.2, 0.25) is 0 Å². The van der Waals surface area contributed by atoms with E-state index in [0.29, 0.717) is 5.92 Å². The number of H-pyrrole nitrogens is 1. The van der Waals surface area contributed by atoms with Crippen LogP contribution in [0.4, 0.5) is 0 Å². The molecular weight excluding hydrogens is 156 g/mol. The highest BCUT2D eigenvalue weighted by molar-refractivity contribution is 7.99. The fourth-order valence-electron chi connectivity index (χ4n) is 0.851. The number of aromatic amines is 1. The van der Waals surface area contributed by atoms with Gasteiger partial charge in [-0.25, -0.2) is 4.98 Å². The van der Waals surface area contributed by atoms with Crippen molar-refractivity contribution in [1.82, 2.24) is 9.97 Å². The topological polar surface area (TPSA) is 28.7 Å². The third kappa shape index (κ3) is 2.26. The zero-order valence-corrected chi connectivity index (χ0v) is 7.74. The molecule has 11 heavy (non-hydrogen) atoms. The molecule has 1 rings (SSSR count). The number of imidazole rings is 1. The van der Waals surface area contributed by atoms with Gasteiger partial charge in [0.05, 0.1) is 5.69 Å². The average molecular weight is 169 g/mol. The van der Waals surface area contributed by atoms with E-state index in [1.165, 1.54) is 0 Å². The summed E-state index contributed by atoms with van der Waals surface area (Å²) in [5, 5.41) is 0. The van der Waals surface area contributed by atoms with E-state index in [4.69, 9.17) is 0 Å². The van der Waals surface area contributed by atoms with E-state index in [1.807, 2.05) is 6.20 Å². The van der Waals surface area contributed by atoms with E-state index < -0.39 is 0 Å². The van der Waals surface area contributed by atoms with Crippen molar-refractivity contribution >= 4 is 11.8 Å². The Hall–Kier alpha value is -0.440. The summed E-state index contributed by atoms with van der Waals surface area (Å²) in [4.78, 5) is 7.52. The highest BCUT2D eigenvalue weighted by Gasteiger charge is 2.03. The Morgan fingerprint density at radius 1 is 1.73 bits per heavy atom. The van der Waals surface area contributed by atoms with Gasteiger partial charge in [0.15, 0.2) is 0 Å². The van der Waals surface area contributed by atoms with Gasteiger partial charge in [0.2, 0.25) is 0 Å². The van der Waals surface area contributed by atoms with Crippen molar-refractivity contribution in [3.05, 3.63) is 24.0 Å². The summed E-state index contributed by atoms with van der Waals surface area (Å²) < 4.78 is 0. The van der Waals surface area contributed by atoms with E-state index in [1.54, 1.807) is 11.8 Å². The molecule has 0 aliphatic rings. The van der Waals surface area contributed by atoms with Gasteiger partial charge in [0.1, 0.15) is 5.82 Å². The van der Waals surface area contributed by atoms with Crippen molar-refractivity contribution in [3.63, 3.8) is 0 Å². The van der Waals surface area contributed by atoms with Crippen LogP contribution in [0.1, 0.15) is 31.3 Å². The van der Waals surface area contributed by atoms with Crippen LogP contribution in [0, 0.1) is 6.26 Å². The molecule has 0 aromatic carbocycles. The summed E-state index contributed by atoms with van der Waals surface area (Å²) in [6, 6.07) is 0. The molecule has 0 bridgehead atoms. The van der Waals surface area contributed by atoms with Crippen molar-refractivity contribution < 1.29 is 0 Å². The Kier molecular flexibility index (Phi) is 3.00. The molecule has 0 atom stereocenters. The number of hydrogen-bond donors (Lipinski definition) is 1. The zero-order chi connectivity index (χ0) is 8.27. The maximum Gasteiger partial charge on any atom is 0.108 e. The molecule has 0 saturated heterocycles. The quantitative estimate of drug-likeness (QED) is 0.753. The van der Waals surface area contributed by atoms with Crippen LogP contribution >= 0.6 is 11.8 Å². The van der Waals surface area contributed by atoms with E-state index in [9.17, 15) is 0 Å². The van der Waals surface area contributed by atoms with E-state index in [2.05, 4.69) is 30.1 Å². The second-order valence-electron chi connectivity index (χ2n) is 2.78. The van der Waals surface area contributed by atoms with Crippen molar-refractivity contribution in [2.24, 2.45) is 0 Å². The molecule has 1 heterocycles. The van der Waals surface area contributed by atoms with Crippen molar-refractivity contribution in [2.75, 3.05) is 0 Å². The van der Waals surface area contributed by atoms with Gasteiger partial charge >= 0.3 is 0 Å². The zero-order valence-electron chi connectivity index (χ0n) is 6.92. The maximum absolute atomic E-state index is 4.38. The number of rotatable bonds is 3. The fourth-order valence-corrected chi connectivity index (χ4v) is 1.21. The normalized spacial score (nSPS) is 10.9. The summed E-state index contributed by atoms with van der Waals surface area (Å²) in [5.41, 5.74) is 1.09. The van der Waals surface area contributed by atoms with E-state index >= 15 is 0 Å². The second kappa shape index (κ2) is 3.81. The lowest BCUT2D eigenvalue weighted by atomic mass is 10.2. The Labute approximate surface area is 71.8 Å². The van der Waals surface area contributed by atoms with Crippen molar-refractivity contribution in [3.8, 4) is 0 Å². The number of thioether (sulfide) groups is 1. The minimum Gasteiger partial charge on any atom is -0.348 e. The first-order valence-electron chi connectivity index (χ1n) is 3.65. The van der Waals surface area contributed by atoms with Crippen molar-refractivity contribution in [1.29, 1.82) is 0 Å². The Bertz CT molecular complexity index is 218. The molecule has 0 saturated carbocycles. The third-order valence-electron chi connectivity index (χ3n) is 1.45. The molecule has 2 nitrogen and oxygen atoms in total. The second-order valence-corrected chi connectivity index (χ2v) is 3.48. The number of nitrogens with one attached hydrogen (secondary N) is 1. The first-order chi connectivity index (χ1) is 5.24. The predicted molar refractivity (Wildman–Crippen MR) is 49.3 cm³/mol. The Balaban J connectivity index is 2.66. The van der Waals surface area contributed by atoms with Crippen LogP contribution in [0.25, 0.3) is 0 Å². The molecule has 1 N–H and O–H groups in total. The van der Waals surface area contributed by atoms with Gasteiger partial charge in [-0.2, -0.15) is 11.8 Å². The lowest BCUT2D eigenvalue weighted by Crippen LogP contribution is -1.89. The number of aromatic nitrogens is 2. The minimum atomic E-state index is 0.485. The number of nitrogens with zero attached hydrogens (tertiary/aromatic N) is 1. The van der Waals surface area contributed by atoms with Gasteiger partial charge < -0.3 is 4.98 Å². The van der Waals surface area contributed by atoms with E-state index in [-0.39, 0.29) is 0 Å². The molecule has 1 radical (unpaired) electrons. The predicted octanol–water partition coefficient (Wildman–Crippen LogP) is 2.56. The molecule has 0 amide bonds. The molecule has 1 aromatic rings. The molecule has 1 aromatic heterocycles. The van der Waals surface area contributed by atoms with E-state index in [0.717, 1.165) is 17.3 Å². The summed E-state index contributed by atoms with van der Waals surface area (Å²) in [5.74, 6) is 2.44. The fraction of sp³-hybridized carbons (Fsp3) is 0.500. The lowest BCUT2D eigenvalue weighted by molar-refractivity contribution is 0.791. The van der Waals surface area contributed by atoms with Crippen molar-refractivity contribution in [2.45, 2.75) is 25.5 Å². The van der Waals surface area contributed by atoms with Gasteiger partial charge in [-0.05, 0) is 0 Å². The summed E-state index contributed by atoms with van der Waals surface area (Å²) in [6.07, 6.45) is 5.65. The lowest BCUT2D eigenvalue weighted by Gasteiger charge is -1.96. The summed E-state index contributed by atoms with van der Waals surface area (Å²) >= 11 is 1.55. The smallest absolute Gasteiger partial charge is 0.108 e. The van der Waals surface area contributed by atoms with Gasteiger partial charge in [-0.1, -0.05) is 13.8 Å². The number of hydrogen-bond acceptors (Lipinski definition) is 2. The monoisotopic (exact) mass is 169 g/mol. The molecule has 0 aliphatic carbocycles. The Morgan fingerprint density at radius 2 is 2.45 bits per heavy atom. The van der Waals surface area contributed by atoms with Gasteiger partial charge in [0.25, 0.3) is 0 Å². The Morgan fingerprint density at radius 3 is 2.91 bits per heavy atom. The molecule has 0 unspecified atom stereocenters. The SMILES string of the molecule is [CH2]SCc1c[nH]c(C(C)C)n1. The largest absolute Gasteiger partial charge is 0.348 e. The van der Waals surface area contributed by atoms with Crippen LogP contribution in [0.3, 0.4) is 0 Å². The van der Waals surface area contributed by atoms with Crippen LogP contribution in [0.5, 0.6) is 0 Å².